The Morgan fingerprint density at radius 2 is 1.83 bits per heavy atom. The highest BCUT2D eigenvalue weighted by atomic mass is 32.2. The van der Waals surface area contributed by atoms with Crippen molar-refractivity contribution in [2.45, 2.75) is 62.2 Å². The topological polar surface area (TPSA) is 115 Å². The first-order valence-electron chi connectivity index (χ1n) is 9.93. The lowest BCUT2D eigenvalue weighted by Crippen LogP contribution is -2.21. The van der Waals surface area contributed by atoms with Crippen LogP contribution in [0, 0.1) is 11.5 Å². The van der Waals surface area contributed by atoms with E-state index in [2.05, 4.69) is 20.5 Å². The van der Waals surface area contributed by atoms with Crippen LogP contribution in [0.2, 0.25) is 0 Å². The molecule has 1 heterocycles. The molecule has 0 saturated heterocycles. The van der Waals surface area contributed by atoms with Gasteiger partial charge in [-0.2, -0.15) is 5.26 Å². The fourth-order valence-electron chi connectivity index (χ4n) is 4.18. The predicted octanol–water partition coefficient (Wildman–Crippen LogP) is 4.00. The van der Waals surface area contributed by atoms with Crippen LogP contribution in [0.25, 0.3) is 0 Å². The zero-order valence-electron chi connectivity index (χ0n) is 16.9. The summed E-state index contributed by atoms with van der Waals surface area (Å²) in [4.78, 5) is 12.8. The molecule has 2 aliphatic rings. The smallest absolute Gasteiger partial charge is 0.355 e. The number of benzene rings is 1. The van der Waals surface area contributed by atoms with Gasteiger partial charge in [0.2, 0.25) is 0 Å². The molecule has 158 valence electrons. The lowest BCUT2D eigenvalue weighted by Gasteiger charge is -2.15. The number of aryl methyl sites for hydroxylation is 2. The molecule has 2 aliphatic carbocycles. The summed E-state index contributed by atoms with van der Waals surface area (Å²) in [5, 5.41) is 23.8. The molecule has 0 unspecified atom stereocenters. The molecule has 0 fully saturated rings. The second-order valence-corrected chi connectivity index (χ2v) is 11.3. The fraction of sp³-hybridized carbons (Fsp3) is 0.429. The van der Waals surface area contributed by atoms with Crippen molar-refractivity contribution in [3.63, 3.8) is 0 Å². The molecule has 0 radical (unpaired) electrons. The number of carbonyl (C=O) groups is 1. The number of aliphatic hydroxyl groups is 1. The zero-order chi connectivity index (χ0) is 21.5. The average molecular weight is 445 g/mol. The molecule has 7 nitrogen and oxygen atoms in total. The summed E-state index contributed by atoms with van der Waals surface area (Å²) in [7, 11) is -3.50. The Morgan fingerprint density at radius 3 is 2.37 bits per heavy atom. The molecule has 30 heavy (non-hydrogen) atoms. The van der Waals surface area contributed by atoms with Gasteiger partial charge in [0.25, 0.3) is 0 Å². The molecule has 1 aromatic heterocycles. The third-order valence-electron chi connectivity index (χ3n) is 5.65. The molecule has 9 heteroatoms. The first kappa shape index (κ1) is 20.8. The van der Waals surface area contributed by atoms with E-state index in [4.69, 9.17) is 5.26 Å². The zero-order valence-corrected chi connectivity index (χ0v) is 18.6. The van der Waals surface area contributed by atoms with Gasteiger partial charge in [0, 0.05) is 5.69 Å². The Labute approximate surface area is 180 Å². The maximum Gasteiger partial charge on any atom is 0.355 e. The molecule has 0 aliphatic heterocycles. The Kier molecular flexibility index (Phi) is 5.34. The fourth-order valence-corrected chi connectivity index (χ4v) is 6.80. The molecular formula is C21H24N4O3S2. The van der Waals surface area contributed by atoms with Crippen LogP contribution in [0.15, 0.2) is 26.1 Å². The molecule has 0 bridgehead atoms. The molecular weight excluding hydrogens is 420 g/mol. The number of amides is 2. The first-order valence-corrected chi connectivity index (χ1v) is 12.3. The minimum absolute atomic E-state index is 0.222. The van der Waals surface area contributed by atoms with E-state index in [-0.39, 0.29) is 4.21 Å². The number of hydrogen-bond acceptors (Lipinski definition) is 5. The van der Waals surface area contributed by atoms with Crippen LogP contribution in [-0.4, -0.2) is 15.3 Å². The highest BCUT2D eigenvalue weighted by molar-refractivity contribution is 7.94. The third-order valence-corrected chi connectivity index (χ3v) is 8.80. The van der Waals surface area contributed by atoms with E-state index < -0.39 is 21.5 Å². The van der Waals surface area contributed by atoms with Crippen molar-refractivity contribution in [3.8, 4) is 6.19 Å². The van der Waals surface area contributed by atoms with Crippen LogP contribution in [0.5, 0.6) is 0 Å². The molecule has 0 spiro atoms. The van der Waals surface area contributed by atoms with Crippen molar-refractivity contribution < 1.29 is 14.1 Å². The Balaban J connectivity index is 1.70. The van der Waals surface area contributed by atoms with Gasteiger partial charge in [-0.1, -0.05) is 6.07 Å². The van der Waals surface area contributed by atoms with Crippen molar-refractivity contribution in [2.75, 3.05) is 5.32 Å². The quantitative estimate of drug-likeness (QED) is 0.488. The normalized spacial score (nSPS) is 16.9. The number of carbonyl (C=O) groups excluding carboxylic acids is 1. The number of urea groups is 1. The van der Waals surface area contributed by atoms with Gasteiger partial charge < -0.3 is 10.4 Å². The van der Waals surface area contributed by atoms with E-state index in [9.17, 15) is 14.1 Å². The van der Waals surface area contributed by atoms with Crippen molar-refractivity contribution in [1.82, 2.24) is 4.72 Å². The van der Waals surface area contributed by atoms with E-state index in [1.54, 1.807) is 25.4 Å². The summed E-state index contributed by atoms with van der Waals surface area (Å²) >= 11 is 1.09. The SMILES string of the molecule is CC(C)(O)c1csc([S@](=O)(=NC(=O)Nc2c3c(cc4c2CCC4)CCC3)NC#N)c1. The highest BCUT2D eigenvalue weighted by Gasteiger charge is 2.27. The van der Waals surface area contributed by atoms with Gasteiger partial charge in [-0.15, -0.1) is 15.7 Å². The van der Waals surface area contributed by atoms with Gasteiger partial charge in [-0.25, -0.2) is 13.7 Å². The largest absolute Gasteiger partial charge is 0.386 e. The number of nitriles is 1. The average Bonchev–Trinajstić information content (AvgIpc) is 3.41. The van der Waals surface area contributed by atoms with Crippen LogP contribution < -0.4 is 10.0 Å². The predicted molar refractivity (Wildman–Crippen MR) is 117 cm³/mol. The molecule has 4 rings (SSSR count). The maximum atomic E-state index is 13.4. The minimum atomic E-state index is -3.50. The van der Waals surface area contributed by atoms with E-state index >= 15 is 0 Å². The summed E-state index contributed by atoms with van der Waals surface area (Å²) in [5.41, 5.74) is 5.08. The molecule has 1 aromatic carbocycles. The van der Waals surface area contributed by atoms with E-state index in [0.29, 0.717) is 5.56 Å². The van der Waals surface area contributed by atoms with Gasteiger partial charge >= 0.3 is 6.03 Å². The van der Waals surface area contributed by atoms with Gasteiger partial charge in [-0.05, 0) is 91.6 Å². The summed E-state index contributed by atoms with van der Waals surface area (Å²) < 4.78 is 19.7. The number of hydrogen-bond donors (Lipinski definition) is 3. The van der Waals surface area contributed by atoms with Crippen molar-refractivity contribution in [1.29, 1.82) is 5.26 Å². The number of nitrogens with zero attached hydrogens (tertiary/aromatic N) is 2. The third kappa shape index (κ3) is 3.83. The lowest BCUT2D eigenvalue weighted by atomic mass is 9.99. The molecule has 2 aromatic rings. The summed E-state index contributed by atoms with van der Waals surface area (Å²) in [6.07, 6.45) is 7.59. The minimum Gasteiger partial charge on any atom is -0.386 e. The first-order chi connectivity index (χ1) is 14.2. The molecule has 0 saturated carbocycles. The highest BCUT2D eigenvalue weighted by Crippen LogP contribution is 2.38. The number of rotatable bonds is 4. The Morgan fingerprint density at radius 1 is 1.20 bits per heavy atom. The summed E-state index contributed by atoms with van der Waals surface area (Å²) in [6.45, 7) is 3.22. The number of fused-ring (bicyclic) bond motifs is 2. The monoisotopic (exact) mass is 444 g/mol. The van der Waals surface area contributed by atoms with Crippen LogP contribution >= 0.6 is 11.3 Å². The van der Waals surface area contributed by atoms with Crippen LogP contribution in [0.3, 0.4) is 0 Å². The lowest BCUT2D eigenvalue weighted by molar-refractivity contribution is 0.0789. The van der Waals surface area contributed by atoms with Crippen LogP contribution in [0.1, 0.15) is 54.5 Å². The summed E-state index contributed by atoms with van der Waals surface area (Å²) in [5.74, 6) is 0. The second kappa shape index (κ2) is 7.69. The van der Waals surface area contributed by atoms with E-state index in [0.717, 1.165) is 66.7 Å². The molecule has 3 N–H and O–H groups in total. The van der Waals surface area contributed by atoms with Crippen LogP contribution in [0.4, 0.5) is 10.5 Å². The van der Waals surface area contributed by atoms with E-state index in [1.165, 1.54) is 17.2 Å². The Bertz CT molecular complexity index is 1150. The number of nitrogens with one attached hydrogen (secondary N) is 2. The molecule has 2 amide bonds. The standard InChI is InChI=1S/C21H24N4O3S2/c1-21(2,27)15-10-18(29-11-15)30(28,23-12-22)25-20(26)24-19-16-7-3-5-13(16)9-14-6-4-8-17(14)19/h9-11,27H,3-8H2,1-2H3,(H2,23,24,25,26,28)/t30-/m1/s1. The van der Waals surface area contributed by atoms with Gasteiger partial charge in [0.15, 0.2) is 16.1 Å². The second-order valence-electron chi connectivity index (χ2n) is 8.21. The van der Waals surface area contributed by atoms with E-state index in [1.807, 2.05) is 0 Å². The number of anilines is 1. The van der Waals surface area contributed by atoms with Gasteiger partial charge in [0.1, 0.15) is 4.21 Å². The van der Waals surface area contributed by atoms with Gasteiger partial charge in [-0.3, -0.25) is 0 Å². The van der Waals surface area contributed by atoms with Crippen molar-refractivity contribution >= 4 is 33.0 Å². The maximum absolute atomic E-state index is 13.4. The van der Waals surface area contributed by atoms with Crippen LogP contribution in [-0.2, 0) is 41.2 Å². The van der Waals surface area contributed by atoms with Crippen molar-refractivity contribution in [2.24, 2.45) is 4.36 Å². The Hall–Kier alpha value is -2.41. The summed E-state index contributed by atoms with van der Waals surface area (Å²) in [6, 6.07) is 3.05. The van der Waals surface area contributed by atoms with Gasteiger partial charge in [0.05, 0.1) is 5.60 Å². The number of thiophene rings is 1. The van der Waals surface area contributed by atoms with Crippen molar-refractivity contribution in [3.05, 3.63) is 45.3 Å². The molecule has 1 atom stereocenters.